The Hall–Kier alpha value is -3.35. The number of ether oxygens (including phenoxy) is 2. The molecule has 3 rings (SSSR count). The number of carbonyl (C=O) groups excluding carboxylic acids is 1. The van der Waals surface area contributed by atoms with E-state index in [1.807, 2.05) is 30.7 Å². The lowest BCUT2D eigenvalue weighted by Crippen LogP contribution is -2.24. The smallest absolute Gasteiger partial charge is 0.244 e. The van der Waals surface area contributed by atoms with Crippen molar-refractivity contribution >= 4 is 23.0 Å². The van der Waals surface area contributed by atoms with Gasteiger partial charge < -0.3 is 19.4 Å². The molecule has 0 saturated heterocycles. The van der Waals surface area contributed by atoms with Gasteiger partial charge in [-0.05, 0) is 48.9 Å². The van der Waals surface area contributed by atoms with Crippen LogP contribution in [-0.4, -0.2) is 35.7 Å². The summed E-state index contributed by atoms with van der Waals surface area (Å²) in [6.07, 6.45) is 3.74. The van der Waals surface area contributed by atoms with Crippen molar-refractivity contribution in [2.24, 2.45) is 7.05 Å². The fourth-order valence-corrected chi connectivity index (χ4v) is 3.03. The lowest BCUT2D eigenvalue weighted by molar-refractivity contribution is -0.116. The maximum absolute atomic E-state index is 13.4. The van der Waals surface area contributed by atoms with Crippen LogP contribution in [0.5, 0.6) is 11.5 Å². The zero-order valence-corrected chi connectivity index (χ0v) is 16.7. The molecule has 0 radical (unpaired) electrons. The number of rotatable bonds is 8. The van der Waals surface area contributed by atoms with E-state index in [-0.39, 0.29) is 11.7 Å². The molecule has 1 heterocycles. The van der Waals surface area contributed by atoms with E-state index in [4.69, 9.17) is 9.47 Å². The molecule has 0 fully saturated rings. The van der Waals surface area contributed by atoms with Crippen molar-refractivity contribution in [2.45, 2.75) is 13.3 Å². The number of imidazole rings is 1. The fraction of sp³-hybridized carbons (Fsp3) is 0.273. The quantitative estimate of drug-likeness (QED) is 0.591. The lowest BCUT2D eigenvalue weighted by atomic mass is 10.2. The molecule has 0 atom stereocenters. The first kappa shape index (κ1) is 20.4. The van der Waals surface area contributed by atoms with Gasteiger partial charge in [0.05, 0.1) is 24.8 Å². The number of benzene rings is 2. The molecule has 0 aliphatic heterocycles. The van der Waals surface area contributed by atoms with Crippen molar-refractivity contribution in [2.75, 3.05) is 20.3 Å². The van der Waals surface area contributed by atoms with Gasteiger partial charge in [-0.15, -0.1) is 0 Å². The van der Waals surface area contributed by atoms with Gasteiger partial charge in [-0.3, -0.25) is 4.79 Å². The van der Waals surface area contributed by atoms with Crippen molar-refractivity contribution in [1.82, 2.24) is 14.9 Å². The molecule has 0 spiro atoms. The molecule has 0 unspecified atom stereocenters. The number of nitrogens with one attached hydrogen (secondary N) is 1. The third-order valence-corrected chi connectivity index (χ3v) is 4.50. The van der Waals surface area contributed by atoms with E-state index in [9.17, 15) is 9.18 Å². The molecule has 152 valence electrons. The number of aromatic nitrogens is 2. The molecule has 1 amide bonds. The third kappa shape index (κ3) is 4.93. The van der Waals surface area contributed by atoms with E-state index < -0.39 is 0 Å². The molecule has 0 aliphatic carbocycles. The van der Waals surface area contributed by atoms with Gasteiger partial charge in [0, 0.05) is 26.1 Å². The van der Waals surface area contributed by atoms with Crippen LogP contribution in [0, 0.1) is 5.82 Å². The fourth-order valence-electron chi connectivity index (χ4n) is 3.03. The maximum Gasteiger partial charge on any atom is 0.244 e. The summed E-state index contributed by atoms with van der Waals surface area (Å²) < 4.78 is 26.0. The highest BCUT2D eigenvalue weighted by Crippen LogP contribution is 2.28. The Kier molecular flexibility index (Phi) is 6.49. The van der Waals surface area contributed by atoms with Gasteiger partial charge in [0.25, 0.3) is 0 Å². The minimum absolute atomic E-state index is 0.205. The second-order valence-electron chi connectivity index (χ2n) is 6.44. The van der Waals surface area contributed by atoms with E-state index >= 15 is 0 Å². The molecule has 1 N–H and O–H groups in total. The van der Waals surface area contributed by atoms with E-state index in [1.54, 1.807) is 25.3 Å². The Balaban J connectivity index is 1.57. The molecular formula is C22H24FN3O3. The maximum atomic E-state index is 13.4. The van der Waals surface area contributed by atoms with Gasteiger partial charge in [0.1, 0.15) is 11.6 Å². The van der Waals surface area contributed by atoms with Crippen LogP contribution in [0.3, 0.4) is 0 Å². The summed E-state index contributed by atoms with van der Waals surface area (Å²) in [5, 5.41) is 2.84. The van der Waals surface area contributed by atoms with Crippen LogP contribution in [-0.2, 0) is 18.3 Å². The van der Waals surface area contributed by atoms with E-state index in [1.165, 1.54) is 18.2 Å². The minimum Gasteiger partial charge on any atom is -0.493 e. The van der Waals surface area contributed by atoms with Gasteiger partial charge in [0.2, 0.25) is 5.91 Å². The Bertz CT molecular complexity index is 1040. The first-order chi connectivity index (χ1) is 14.0. The number of aryl methyl sites for hydroxylation is 1. The summed E-state index contributed by atoms with van der Waals surface area (Å²) in [4.78, 5) is 16.6. The van der Waals surface area contributed by atoms with Gasteiger partial charge in [-0.2, -0.15) is 0 Å². The van der Waals surface area contributed by atoms with Crippen LogP contribution >= 0.6 is 0 Å². The van der Waals surface area contributed by atoms with Gasteiger partial charge in [-0.25, -0.2) is 9.37 Å². The lowest BCUT2D eigenvalue weighted by Gasteiger charge is -2.09. The predicted molar refractivity (Wildman–Crippen MR) is 111 cm³/mol. The van der Waals surface area contributed by atoms with Crippen molar-refractivity contribution in [1.29, 1.82) is 0 Å². The zero-order chi connectivity index (χ0) is 20.8. The van der Waals surface area contributed by atoms with Crippen LogP contribution in [0.15, 0.2) is 42.5 Å². The van der Waals surface area contributed by atoms with Crippen molar-refractivity contribution in [3.8, 4) is 11.5 Å². The van der Waals surface area contributed by atoms with Crippen LogP contribution in [0.4, 0.5) is 4.39 Å². The highest BCUT2D eigenvalue weighted by Gasteiger charge is 2.09. The Morgan fingerprint density at radius 3 is 2.83 bits per heavy atom. The number of carbonyl (C=O) groups is 1. The average Bonchev–Trinajstić information content (AvgIpc) is 3.02. The number of fused-ring (bicyclic) bond motifs is 1. The van der Waals surface area contributed by atoms with Crippen molar-refractivity contribution in [3.63, 3.8) is 0 Å². The molecule has 1 aromatic heterocycles. The average molecular weight is 397 g/mol. The second kappa shape index (κ2) is 9.23. The summed E-state index contributed by atoms with van der Waals surface area (Å²) in [6, 6.07) is 9.98. The number of amides is 1. The van der Waals surface area contributed by atoms with Crippen LogP contribution in [0.2, 0.25) is 0 Å². The zero-order valence-electron chi connectivity index (χ0n) is 16.7. The van der Waals surface area contributed by atoms with Crippen molar-refractivity contribution in [3.05, 3.63) is 59.7 Å². The molecule has 3 aromatic rings. The monoisotopic (exact) mass is 397 g/mol. The molecule has 0 saturated carbocycles. The van der Waals surface area contributed by atoms with E-state index in [0.717, 1.165) is 22.4 Å². The van der Waals surface area contributed by atoms with Gasteiger partial charge in [0.15, 0.2) is 11.5 Å². The molecule has 0 aliphatic rings. The number of nitrogens with zero attached hydrogens (tertiary/aromatic N) is 2. The summed E-state index contributed by atoms with van der Waals surface area (Å²) in [7, 11) is 3.42. The largest absolute Gasteiger partial charge is 0.493 e. The number of methoxy groups -OCH3 is 1. The first-order valence-electron chi connectivity index (χ1n) is 9.39. The Morgan fingerprint density at radius 1 is 1.24 bits per heavy atom. The van der Waals surface area contributed by atoms with Crippen molar-refractivity contribution < 1.29 is 18.7 Å². The molecule has 0 bridgehead atoms. The topological polar surface area (TPSA) is 65.4 Å². The molecule has 29 heavy (non-hydrogen) atoms. The Morgan fingerprint density at radius 2 is 2.07 bits per heavy atom. The first-order valence-corrected chi connectivity index (χ1v) is 9.39. The van der Waals surface area contributed by atoms with Gasteiger partial charge >= 0.3 is 0 Å². The predicted octanol–water partition coefficient (Wildman–Crippen LogP) is 3.49. The second-order valence-corrected chi connectivity index (χ2v) is 6.44. The standard InChI is InChI=1S/C22H24FN3O3/c1-4-29-20-13-15(5-9-19(20)28-3)6-10-22(27)24-12-11-21-25-17-8-7-16(23)14-18(17)26(21)2/h5-10,13-14H,4,11-12H2,1-3H3,(H,24,27). The summed E-state index contributed by atoms with van der Waals surface area (Å²) in [5.74, 6) is 1.57. The Labute approximate surface area is 169 Å². The molecule has 6 nitrogen and oxygen atoms in total. The molecule has 7 heteroatoms. The van der Waals surface area contributed by atoms with E-state index in [0.29, 0.717) is 31.1 Å². The summed E-state index contributed by atoms with van der Waals surface area (Å²) >= 11 is 0. The minimum atomic E-state index is -0.295. The van der Waals surface area contributed by atoms with E-state index in [2.05, 4.69) is 10.3 Å². The normalized spacial score (nSPS) is 11.2. The number of hydrogen-bond donors (Lipinski definition) is 1. The van der Waals surface area contributed by atoms with Gasteiger partial charge in [-0.1, -0.05) is 6.07 Å². The number of halogens is 1. The van der Waals surface area contributed by atoms with Crippen LogP contribution in [0.25, 0.3) is 17.1 Å². The summed E-state index contributed by atoms with van der Waals surface area (Å²) in [5.41, 5.74) is 2.30. The van der Waals surface area contributed by atoms with Crippen LogP contribution < -0.4 is 14.8 Å². The third-order valence-electron chi connectivity index (χ3n) is 4.50. The SMILES string of the molecule is CCOc1cc(C=CC(=O)NCCc2nc3ccc(F)cc3n2C)ccc1OC. The highest BCUT2D eigenvalue weighted by molar-refractivity contribution is 5.91. The summed E-state index contributed by atoms with van der Waals surface area (Å²) in [6.45, 7) is 2.85. The number of hydrogen-bond acceptors (Lipinski definition) is 4. The molecular weight excluding hydrogens is 373 g/mol. The molecule has 2 aromatic carbocycles. The van der Waals surface area contributed by atoms with Crippen LogP contribution in [0.1, 0.15) is 18.3 Å². The highest BCUT2D eigenvalue weighted by atomic mass is 19.1.